The van der Waals surface area contributed by atoms with Crippen molar-refractivity contribution in [1.82, 2.24) is 24.8 Å². The van der Waals surface area contributed by atoms with Crippen LogP contribution in [0.4, 0.5) is 17.5 Å². The average Bonchev–Trinajstić information content (AvgIpc) is 3.52. The van der Waals surface area contributed by atoms with Gasteiger partial charge in [0, 0.05) is 42.8 Å². The van der Waals surface area contributed by atoms with Crippen LogP contribution in [-0.4, -0.2) is 58.2 Å². The van der Waals surface area contributed by atoms with Gasteiger partial charge in [0.2, 0.25) is 5.95 Å². The van der Waals surface area contributed by atoms with E-state index < -0.39 is 0 Å². The molecule has 9 nitrogen and oxygen atoms in total. The monoisotopic (exact) mass is 447 g/mol. The molecule has 9 heteroatoms. The van der Waals surface area contributed by atoms with Gasteiger partial charge in [0.1, 0.15) is 12.1 Å². The minimum atomic E-state index is 0.527. The van der Waals surface area contributed by atoms with E-state index in [4.69, 9.17) is 14.5 Å². The molecule has 2 aliphatic rings. The molecule has 0 aliphatic carbocycles. The zero-order valence-electron chi connectivity index (χ0n) is 18.9. The summed E-state index contributed by atoms with van der Waals surface area (Å²) in [6, 6.07) is 7.68. The number of methoxy groups -OCH3 is 1. The second kappa shape index (κ2) is 9.99. The Bertz CT molecular complexity index is 1060. The number of nitrogens with one attached hydrogen (secondary N) is 1. The fraction of sp³-hybridized carbons (Fsp3) is 0.417. The number of hydrogen-bond donors (Lipinski definition) is 1. The Kier molecular flexibility index (Phi) is 6.48. The van der Waals surface area contributed by atoms with Crippen molar-refractivity contribution < 1.29 is 9.47 Å². The molecule has 0 atom stereocenters. The summed E-state index contributed by atoms with van der Waals surface area (Å²) in [6.45, 7) is 5.60. The van der Waals surface area contributed by atoms with Gasteiger partial charge in [-0.1, -0.05) is 0 Å². The number of aromatic nitrogens is 4. The number of fused-ring (bicyclic) bond motifs is 1. The van der Waals surface area contributed by atoms with Crippen molar-refractivity contribution in [2.24, 2.45) is 0 Å². The first-order chi connectivity index (χ1) is 16.3. The Labute approximate surface area is 193 Å². The molecule has 5 rings (SSSR count). The van der Waals surface area contributed by atoms with Gasteiger partial charge in [-0.15, -0.1) is 0 Å². The van der Waals surface area contributed by atoms with Crippen LogP contribution >= 0.6 is 0 Å². The van der Waals surface area contributed by atoms with Crippen molar-refractivity contribution in [2.75, 3.05) is 43.6 Å². The predicted molar refractivity (Wildman–Crippen MR) is 126 cm³/mol. The van der Waals surface area contributed by atoms with Gasteiger partial charge >= 0.3 is 0 Å². The summed E-state index contributed by atoms with van der Waals surface area (Å²) in [4.78, 5) is 22.2. The normalized spacial score (nSPS) is 15.5. The molecule has 2 aliphatic heterocycles. The SMILES string of the molecule is COc1ccc(Nc2nccc(N3Cc4cncnc4C3)n2)cc1OCCCN1CCCC1. The molecule has 0 radical (unpaired) electrons. The third-order valence-corrected chi connectivity index (χ3v) is 6.04. The van der Waals surface area contributed by atoms with Crippen molar-refractivity contribution in [1.29, 1.82) is 0 Å². The van der Waals surface area contributed by atoms with Crippen molar-refractivity contribution in [3.05, 3.63) is 54.2 Å². The zero-order valence-corrected chi connectivity index (χ0v) is 18.9. The third-order valence-electron chi connectivity index (χ3n) is 6.04. The fourth-order valence-corrected chi connectivity index (χ4v) is 4.32. The molecule has 0 bridgehead atoms. The highest BCUT2D eigenvalue weighted by Gasteiger charge is 2.21. The van der Waals surface area contributed by atoms with E-state index in [9.17, 15) is 0 Å². The zero-order chi connectivity index (χ0) is 22.5. The smallest absolute Gasteiger partial charge is 0.229 e. The number of hydrogen-bond acceptors (Lipinski definition) is 9. The maximum absolute atomic E-state index is 6.05. The Balaban J connectivity index is 1.22. The summed E-state index contributed by atoms with van der Waals surface area (Å²) >= 11 is 0. The summed E-state index contributed by atoms with van der Waals surface area (Å²) in [5, 5.41) is 3.30. The predicted octanol–water partition coefficient (Wildman–Crippen LogP) is 3.40. The highest BCUT2D eigenvalue weighted by molar-refractivity contribution is 5.60. The van der Waals surface area contributed by atoms with E-state index in [1.54, 1.807) is 19.6 Å². The maximum atomic E-state index is 6.05. The van der Waals surface area contributed by atoms with Gasteiger partial charge in [0.25, 0.3) is 0 Å². The van der Waals surface area contributed by atoms with Crippen LogP contribution in [0.5, 0.6) is 11.5 Å². The highest BCUT2D eigenvalue weighted by Crippen LogP contribution is 2.32. The van der Waals surface area contributed by atoms with Gasteiger partial charge in [-0.25, -0.2) is 15.0 Å². The molecule has 1 saturated heterocycles. The van der Waals surface area contributed by atoms with Gasteiger partial charge in [0.15, 0.2) is 11.5 Å². The van der Waals surface area contributed by atoms with Gasteiger partial charge in [-0.2, -0.15) is 4.98 Å². The van der Waals surface area contributed by atoms with E-state index >= 15 is 0 Å². The van der Waals surface area contributed by atoms with E-state index in [0.717, 1.165) is 42.3 Å². The molecule has 0 saturated carbocycles. The quantitative estimate of drug-likeness (QED) is 0.496. The summed E-state index contributed by atoms with van der Waals surface area (Å²) in [7, 11) is 1.66. The first kappa shape index (κ1) is 21.4. The molecule has 3 aromatic rings. The molecular formula is C24H29N7O2. The lowest BCUT2D eigenvalue weighted by molar-refractivity contribution is 0.254. The Hall–Kier alpha value is -3.46. The second-order valence-corrected chi connectivity index (χ2v) is 8.33. The minimum absolute atomic E-state index is 0.527. The molecular weight excluding hydrogens is 418 g/mol. The lowest BCUT2D eigenvalue weighted by Gasteiger charge is -2.17. The molecule has 2 aromatic heterocycles. The molecule has 1 fully saturated rings. The minimum Gasteiger partial charge on any atom is -0.493 e. The summed E-state index contributed by atoms with van der Waals surface area (Å²) in [5.41, 5.74) is 3.02. The van der Waals surface area contributed by atoms with Crippen molar-refractivity contribution in [3.63, 3.8) is 0 Å². The van der Waals surface area contributed by atoms with Crippen molar-refractivity contribution in [3.8, 4) is 11.5 Å². The van der Waals surface area contributed by atoms with Crippen molar-refractivity contribution in [2.45, 2.75) is 32.4 Å². The lowest BCUT2D eigenvalue weighted by Crippen LogP contribution is -2.21. The number of nitrogens with zero attached hydrogens (tertiary/aromatic N) is 6. The summed E-state index contributed by atoms with van der Waals surface area (Å²) in [5.74, 6) is 2.80. The Morgan fingerprint density at radius 3 is 2.82 bits per heavy atom. The molecule has 1 aromatic carbocycles. The van der Waals surface area contributed by atoms with Gasteiger partial charge in [-0.3, -0.25) is 0 Å². The van der Waals surface area contributed by atoms with Crippen molar-refractivity contribution >= 4 is 17.5 Å². The van der Waals surface area contributed by atoms with Gasteiger partial charge in [-0.05, 0) is 50.6 Å². The molecule has 172 valence electrons. The van der Waals surface area contributed by atoms with E-state index in [1.165, 1.54) is 25.9 Å². The molecule has 0 amide bonds. The van der Waals surface area contributed by atoms with Crippen LogP contribution in [0, 0.1) is 0 Å². The molecule has 1 N–H and O–H groups in total. The average molecular weight is 448 g/mol. The Morgan fingerprint density at radius 1 is 1.06 bits per heavy atom. The topological polar surface area (TPSA) is 88.5 Å². The third kappa shape index (κ3) is 5.14. The molecule has 0 spiro atoms. The largest absolute Gasteiger partial charge is 0.493 e. The Morgan fingerprint density at radius 2 is 1.97 bits per heavy atom. The van der Waals surface area contributed by atoms with Crippen LogP contribution in [0.3, 0.4) is 0 Å². The molecule has 0 unspecified atom stereocenters. The lowest BCUT2D eigenvalue weighted by atomic mass is 10.2. The van der Waals surface area contributed by atoms with Crippen LogP contribution in [0.15, 0.2) is 43.0 Å². The molecule has 4 heterocycles. The van der Waals surface area contributed by atoms with Crippen LogP contribution in [0.25, 0.3) is 0 Å². The van der Waals surface area contributed by atoms with E-state index in [-0.39, 0.29) is 0 Å². The maximum Gasteiger partial charge on any atom is 0.229 e. The van der Waals surface area contributed by atoms with Crippen LogP contribution < -0.4 is 19.7 Å². The second-order valence-electron chi connectivity index (χ2n) is 8.33. The first-order valence-corrected chi connectivity index (χ1v) is 11.4. The standard InChI is InChI=1S/C24H29N7O2/c1-32-21-6-5-19(13-22(21)33-12-4-11-30-9-2-3-10-30)28-24-26-8-7-23(29-24)31-15-18-14-25-17-27-20(18)16-31/h5-8,13-14,17H,2-4,9-12,15-16H2,1H3,(H,26,28,29). The van der Waals surface area contributed by atoms with Gasteiger partial charge < -0.3 is 24.6 Å². The van der Waals surface area contributed by atoms with Crippen LogP contribution in [0.2, 0.25) is 0 Å². The molecule has 33 heavy (non-hydrogen) atoms. The fourth-order valence-electron chi connectivity index (χ4n) is 4.32. The van der Waals surface area contributed by atoms with Crippen LogP contribution in [0.1, 0.15) is 30.5 Å². The highest BCUT2D eigenvalue weighted by atomic mass is 16.5. The van der Waals surface area contributed by atoms with Gasteiger partial charge in [0.05, 0.1) is 26.0 Å². The number of likely N-dealkylation sites (tertiary alicyclic amines) is 1. The van der Waals surface area contributed by atoms with E-state index in [2.05, 4.69) is 30.1 Å². The number of ether oxygens (including phenoxy) is 2. The summed E-state index contributed by atoms with van der Waals surface area (Å²) < 4.78 is 11.5. The number of anilines is 3. The van der Waals surface area contributed by atoms with E-state index in [0.29, 0.717) is 30.6 Å². The number of benzene rings is 1. The van der Waals surface area contributed by atoms with E-state index in [1.807, 2.05) is 30.5 Å². The first-order valence-electron chi connectivity index (χ1n) is 11.4. The summed E-state index contributed by atoms with van der Waals surface area (Å²) in [6.07, 6.45) is 8.83. The van der Waals surface area contributed by atoms with Crippen LogP contribution in [-0.2, 0) is 13.1 Å². The number of rotatable bonds is 9.